The fraction of sp³-hybridized carbons (Fsp3) is 0.448. The van der Waals surface area contributed by atoms with Crippen LogP contribution in [0.15, 0.2) is 42.9 Å². The van der Waals surface area contributed by atoms with Crippen LogP contribution < -0.4 is 14.2 Å². The molecule has 1 fully saturated rings. The minimum Gasteiger partial charge on any atom is -0.497 e. The summed E-state index contributed by atoms with van der Waals surface area (Å²) in [7, 11) is 1.54. The maximum Gasteiger partial charge on any atom is 0.306 e. The normalized spacial score (nSPS) is 13.7. The zero-order valence-corrected chi connectivity index (χ0v) is 22.3. The van der Waals surface area contributed by atoms with Crippen LogP contribution in [-0.4, -0.2) is 41.2 Å². The Morgan fingerprint density at radius 3 is 2.61 bits per heavy atom. The lowest BCUT2D eigenvalue weighted by atomic mass is 9.95. The van der Waals surface area contributed by atoms with E-state index in [0.717, 1.165) is 18.5 Å². The van der Waals surface area contributed by atoms with Crippen LogP contribution in [0.1, 0.15) is 57.3 Å². The number of nitrogens with zero attached hydrogens (tertiary/aromatic N) is 3. The van der Waals surface area contributed by atoms with Gasteiger partial charge >= 0.3 is 5.97 Å². The number of esters is 1. The lowest BCUT2D eigenvalue weighted by Crippen LogP contribution is -2.13. The molecule has 1 aromatic carbocycles. The van der Waals surface area contributed by atoms with Crippen molar-refractivity contribution < 1.29 is 28.1 Å². The minimum absolute atomic E-state index is 0.0226. The van der Waals surface area contributed by atoms with Crippen LogP contribution in [0.2, 0.25) is 0 Å². The Morgan fingerprint density at radius 2 is 1.89 bits per heavy atom. The van der Waals surface area contributed by atoms with Crippen LogP contribution >= 0.6 is 0 Å². The van der Waals surface area contributed by atoms with Crippen molar-refractivity contribution in [1.82, 2.24) is 15.0 Å². The summed E-state index contributed by atoms with van der Waals surface area (Å²) in [5, 5.41) is 0. The summed E-state index contributed by atoms with van der Waals surface area (Å²) in [5.41, 5.74) is 2.24. The Morgan fingerprint density at radius 1 is 1.08 bits per heavy atom. The summed E-state index contributed by atoms with van der Waals surface area (Å²) in [6.07, 6.45) is 5.45. The summed E-state index contributed by atoms with van der Waals surface area (Å²) in [5.74, 6) is 1.48. The molecule has 9 heteroatoms. The number of carbonyl (C=O) groups is 1. The molecule has 8 nitrogen and oxygen atoms in total. The highest BCUT2D eigenvalue weighted by molar-refractivity contribution is 5.72. The standard InChI is InChI=1S/C29H34FN3O5/c1-5-36-29(34)12-22(19-6-7-19)26-13-28(33-17-32-26)38-16-20-10-27(37-15-18(2)3)24(14-31-20)23-11-21(35-4)8-9-25(23)30/h8-11,13-14,17-19,22H,5-7,12,15-16H2,1-4H3. The molecule has 0 amide bonds. The van der Waals surface area contributed by atoms with Crippen molar-refractivity contribution in [2.75, 3.05) is 20.3 Å². The number of ether oxygens (including phenoxy) is 4. The summed E-state index contributed by atoms with van der Waals surface area (Å²) in [6, 6.07) is 8.09. The number of aromatic nitrogens is 3. The van der Waals surface area contributed by atoms with Crippen molar-refractivity contribution in [2.45, 2.75) is 52.6 Å². The molecule has 0 spiro atoms. The van der Waals surface area contributed by atoms with Gasteiger partial charge in [0.1, 0.15) is 30.3 Å². The third-order valence-electron chi connectivity index (χ3n) is 6.25. The van der Waals surface area contributed by atoms with Crippen molar-refractivity contribution in [3.63, 3.8) is 0 Å². The molecule has 0 saturated heterocycles. The monoisotopic (exact) mass is 523 g/mol. The summed E-state index contributed by atoms with van der Waals surface area (Å²) < 4.78 is 37.1. The Labute approximate surface area is 222 Å². The fourth-order valence-corrected chi connectivity index (χ4v) is 4.17. The number of rotatable bonds is 13. The lowest BCUT2D eigenvalue weighted by Gasteiger charge is -2.16. The van der Waals surface area contributed by atoms with Gasteiger partial charge in [-0.25, -0.2) is 14.4 Å². The second-order valence-corrected chi connectivity index (χ2v) is 9.75. The molecular formula is C29H34FN3O5. The second kappa shape index (κ2) is 12.7. The first-order valence-electron chi connectivity index (χ1n) is 12.9. The van der Waals surface area contributed by atoms with E-state index in [4.69, 9.17) is 18.9 Å². The van der Waals surface area contributed by atoms with Gasteiger partial charge in [-0.15, -0.1) is 0 Å². The van der Waals surface area contributed by atoms with Gasteiger partial charge in [-0.05, 0) is 49.8 Å². The van der Waals surface area contributed by atoms with Crippen LogP contribution in [0, 0.1) is 17.7 Å². The van der Waals surface area contributed by atoms with Gasteiger partial charge in [-0.2, -0.15) is 0 Å². The molecule has 0 N–H and O–H groups in total. The van der Waals surface area contributed by atoms with Crippen molar-refractivity contribution in [3.05, 3.63) is 60.1 Å². The van der Waals surface area contributed by atoms with E-state index >= 15 is 0 Å². The largest absolute Gasteiger partial charge is 0.497 e. The quantitative estimate of drug-likeness (QED) is 0.262. The molecule has 2 heterocycles. The molecule has 1 unspecified atom stereocenters. The first-order chi connectivity index (χ1) is 18.4. The molecule has 38 heavy (non-hydrogen) atoms. The van der Waals surface area contributed by atoms with E-state index in [1.807, 2.05) is 13.8 Å². The van der Waals surface area contributed by atoms with E-state index < -0.39 is 5.82 Å². The zero-order chi connectivity index (χ0) is 27.1. The zero-order valence-electron chi connectivity index (χ0n) is 22.3. The topological polar surface area (TPSA) is 92.7 Å². The molecule has 3 aromatic rings. The summed E-state index contributed by atoms with van der Waals surface area (Å²) in [4.78, 5) is 25.3. The highest BCUT2D eigenvalue weighted by Gasteiger charge is 2.35. The number of hydrogen-bond acceptors (Lipinski definition) is 8. The van der Waals surface area contributed by atoms with E-state index in [1.54, 1.807) is 37.4 Å². The summed E-state index contributed by atoms with van der Waals surface area (Å²) in [6.45, 7) is 6.82. The Bertz CT molecular complexity index is 1250. The number of pyridine rings is 1. The highest BCUT2D eigenvalue weighted by Crippen LogP contribution is 2.44. The number of carbonyl (C=O) groups excluding carboxylic acids is 1. The molecule has 1 saturated carbocycles. The fourth-order valence-electron chi connectivity index (χ4n) is 4.17. The Kier molecular flexibility index (Phi) is 9.10. The maximum atomic E-state index is 14.7. The first kappa shape index (κ1) is 27.3. The molecule has 0 bridgehead atoms. The SMILES string of the molecule is CCOC(=O)CC(c1cc(OCc2cc(OCC(C)C)c(-c3cc(OC)ccc3F)cn2)ncn1)C1CC1. The number of hydrogen-bond donors (Lipinski definition) is 0. The predicted octanol–water partition coefficient (Wildman–Crippen LogP) is 5.75. The first-order valence-corrected chi connectivity index (χ1v) is 12.9. The van der Waals surface area contributed by atoms with Gasteiger partial charge in [0.2, 0.25) is 5.88 Å². The molecule has 1 atom stereocenters. The average molecular weight is 524 g/mol. The molecule has 0 aliphatic heterocycles. The van der Waals surface area contributed by atoms with Crippen LogP contribution in [-0.2, 0) is 16.1 Å². The van der Waals surface area contributed by atoms with E-state index in [0.29, 0.717) is 53.3 Å². The predicted molar refractivity (Wildman–Crippen MR) is 140 cm³/mol. The number of benzene rings is 1. The van der Waals surface area contributed by atoms with Gasteiger partial charge in [0.05, 0.1) is 38.1 Å². The van der Waals surface area contributed by atoms with Crippen LogP contribution in [0.4, 0.5) is 4.39 Å². The van der Waals surface area contributed by atoms with Crippen LogP contribution in [0.5, 0.6) is 17.4 Å². The van der Waals surface area contributed by atoms with Crippen LogP contribution in [0.3, 0.4) is 0 Å². The van der Waals surface area contributed by atoms with Crippen molar-refractivity contribution >= 4 is 5.97 Å². The van der Waals surface area contributed by atoms with Crippen LogP contribution in [0.25, 0.3) is 11.1 Å². The van der Waals surface area contributed by atoms with Gasteiger partial charge < -0.3 is 18.9 Å². The van der Waals surface area contributed by atoms with Gasteiger partial charge in [-0.3, -0.25) is 9.78 Å². The van der Waals surface area contributed by atoms with E-state index in [1.165, 1.54) is 19.5 Å². The van der Waals surface area contributed by atoms with Gasteiger partial charge in [-0.1, -0.05) is 13.8 Å². The lowest BCUT2D eigenvalue weighted by molar-refractivity contribution is -0.143. The van der Waals surface area contributed by atoms with E-state index in [9.17, 15) is 9.18 Å². The highest BCUT2D eigenvalue weighted by atomic mass is 19.1. The third kappa shape index (κ3) is 7.18. The van der Waals surface area contributed by atoms with E-state index in [-0.39, 0.29) is 30.8 Å². The molecule has 1 aliphatic rings. The minimum atomic E-state index is -0.396. The average Bonchev–Trinajstić information content (AvgIpc) is 3.75. The van der Waals surface area contributed by atoms with Crippen molar-refractivity contribution in [3.8, 4) is 28.5 Å². The molecule has 0 radical (unpaired) electrons. The maximum absolute atomic E-state index is 14.7. The third-order valence-corrected chi connectivity index (χ3v) is 6.25. The molecular weight excluding hydrogens is 489 g/mol. The van der Waals surface area contributed by atoms with Crippen molar-refractivity contribution in [1.29, 1.82) is 0 Å². The Hall–Kier alpha value is -3.75. The summed E-state index contributed by atoms with van der Waals surface area (Å²) >= 11 is 0. The van der Waals surface area contributed by atoms with Gasteiger partial charge in [0, 0.05) is 35.4 Å². The Balaban J connectivity index is 1.53. The second-order valence-electron chi connectivity index (χ2n) is 9.75. The van der Waals surface area contributed by atoms with Crippen molar-refractivity contribution in [2.24, 2.45) is 11.8 Å². The van der Waals surface area contributed by atoms with E-state index in [2.05, 4.69) is 15.0 Å². The molecule has 4 rings (SSSR count). The molecule has 202 valence electrons. The number of methoxy groups -OCH3 is 1. The van der Waals surface area contributed by atoms with Gasteiger partial charge in [0.25, 0.3) is 0 Å². The molecule has 2 aromatic heterocycles. The smallest absolute Gasteiger partial charge is 0.306 e. The van der Waals surface area contributed by atoms with Gasteiger partial charge in [0.15, 0.2) is 0 Å². The molecule has 1 aliphatic carbocycles. The number of halogens is 1.